The molecule has 0 bridgehead atoms. The van der Waals surface area contributed by atoms with Crippen molar-refractivity contribution in [3.05, 3.63) is 35.7 Å². The van der Waals surface area contributed by atoms with E-state index in [0.717, 1.165) is 12.0 Å². The van der Waals surface area contributed by atoms with Gasteiger partial charge in [-0.15, -0.1) is 0 Å². The fourth-order valence-corrected chi connectivity index (χ4v) is 1.63. The first-order valence-electron chi connectivity index (χ1n) is 6.10. The van der Waals surface area contributed by atoms with E-state index in [1.807, 2.05) is 24.3 Å². The molecular formula is C13H16N4O2. The Balaban J connectivity index is 2.01. The SMILES string of the molecule is CCc1ccc(-c2noc(CNCC(N)=O)n2)cc1. The van der Waals surface area contributed by atoms with Crippen LogP contribution in [0.3, 0.4) is 0 Å². The Labute approximate surface area is 111 Å². The third-order valence-corrected chi connectivity index (χ3v) is 2.66. The molecule has 3 N–H and O–H groups in total. The van der Waals surface area contributed by atoms with Crippen LogP contribution in [-0.2, 0) is 17.8 Å². The quantitative estimate of drug-likeness (QED) is 0.803. The minimum absolute atomic E-state index is 0.0862. The maximum Gasteiger partial charge on any atom is 0.240 e. The Hall–Kier alpha value is -2.21. The minimum Gasteiger partial charge on any atom is -0.369 e. The van der Waals surface area contributed by atoms with E-state index in [1.165, 1.54) is 5.56 Å². The number of rotatable bonds is 6. The molecule has 0 spiro atoms. The van der Waals surface area contributed by atoms with Gasteiger partial charge in [-0.05, 0) is 12.0 Å². The number of nitrogens with two attached hydrogens (primary N) is 1. The average Bonchev–Trinajstić information content (AvgIpc) is 2.87. The second-order valence-electron chi connectivity index (χ2n) is 4.13. The molecule has 2 aromatic rings. The van der Waals surface area contributed by atoms with Crippen molar-refractivity contribution in [1.29, 1.82) is 0 Å². The zero-order valence-corrected chi connectivity index (χ0v) is 10.7. The van der Waals surface area contributed by atoms with Crippen molar-refractivity contribution in [2.24, 2.45) is 5.73 Å². The lowest BCUT2D eigenvalue weighted by molar-refractivity contribution is -0.117. The minimum atomic E-state index is -0.421. The molecule has 0 aliphatic heterocycles. The first-order valence-corrected chi connectivity index (χ1v) is 6.10. The van der Waals surface area contributed by atoms with Gasteiger partial charge in [-0.25, -0.2) is 0 Å². The Bertz CT molecular complexity index is 548. The highest BCUT2D eigenvalue weighted by molar-refractivity contribution is 5.75. The molecule has 0 aliphatic carbocycles. The first kappa shape index (κ1) is 13.2. The third kappa shape index (κ3) is 3.62. The van der Waals surface area contributed by atoms with E-state index in [0.29, 0.717) is 18.3 Å². The summed E-state index contributed by atoms with van der Waals surface area (Å²) in [5.74, 6) is 0.546. The van der Waals surface area contributed by atoms with Crippen LogP contribution in [0, 0.1) is 0 Å². The predicted molar refractivity (Wildman–Crippen MR) is 70.0 cm³/mol. The van der Waals surface area contributed by atoms with Crippen LogP contribution in [0.5, 0.6) is 0 Å². The molecule has 0 saturated carbocycles. The normalized spacial score (nSPS) is 10.6. The predicted octanol–water partition coefficient (Wildman–Crippen LogP) is 0.874. The Morgan fingerprint density at radius 3 is 2.74 bits per heavy atom. The maximum atomic E-state index is 10.6. The monoisotopic (exact) mass is 260 g/mol. The van der Waals surface area contributed by atoms with Crippen LogP contribution in [0.15, 0.2) is 28.8 Å². The van der Waals surface area contributed by atoms with E-state index in [2.05, 4.69) is 22.4 Å². The van der Waals surface area contributed by atoms with Gasteiger partial charge in [0.1, 0.15) is 0 Å². The highest BCUT2D eigenvalue weighted by atomic mass is 16.5. The van der Waals surface area contributed by atoms with Gasteiger partial charge in [0.2, 0.25) is 17.6 Å². The molecule has 19 heavy (non-hydrogen) atoms. The number of aryl methyl sites for hydroxylation is 1. The largest absolute Gasteiger partial charge is 0.369 e. The summed E-state index contributed by atoms with van der Waals surface area (Å²) < 4.78 is 5.08. The van der Waals surface area contributed by atoms with Crippen molar-refractivity contribution >= 4 is 5.91 Å². The van der Waals surface area contributed by atoms with Gasteiger partial charge in [0.05, 0.1) is 13.1 Å². The molecular weight excluding hydrogens is 244 g/mol. The standard InChI is InChI=1S/C13H16N4O2/c1-2-9-3-5-10(6-4-9)13-16-12(19-17-13)8-15-7-11(14)18/h3-6,15H,2,7-8H2,1H3,(H2,14,18). The fourth-order valence-electron chi connectivity index (χ4n) is 1.63. The fraction of sp³-hybridized carbons (Fsp3) is 0.308. The molecule has 0 fully saturated rings. The van der Waals surface area contributed by atoms with E-state index in [4.69, 9.17) is 10.3 Å². The van der Waals surface area contributed by atoms with E-state index in [1.54, 1.807) is 0 Å². The number of hydrogen-bond acceptors (Lipinski definition) is 5. The van der Waals surface area contributed by atoms with Crippen molar-refractivity contribution in [1.82, 2.24) is 15.5 Å². The maximum absolute atomic E-state index is 10.6. The molecule has 0 atom stereocenters. The number of carbonyl (C=O) groups excluding carboxylic acids is 1. The molecule has 6 heteroatoms. The van der Waals surface area contributed by atoms with E-state index in [9.17, 15) is 4.79 Å². The second kappa shape index (κ2) is 6.10. The average molecular weight is 260 g/mol. The number of aromatic nitrogens is 2. The Morgan fingerprint density at radius 2 is 2.11 bits per heavy atom. The van der Waals surface area contributed by atoms with Crippen LogP contribution in [-0.4, -0.2) is 22.6 Å². The summed E-state index contributed by atoms with van der Waals surface area (Å²) >= 11 is 0. The first-order chi connectivity index (χ1) is 9.19. The van der Waals surface area contributed by atoms with Gasteiger partial charge in [-0.3, -0.25) is 10.1 Å². The number of carbonyl (C=O) groups is 1. The smallest absolute Gasteiger partial charge is 0.240 e. The summed E-state index contributed by atoms with van der Waals surface area (Å²) in [6.45, 7) is 2.51. The summed E-state index contributed by atoms with van der Waals surface area (Å²) in [6, 6.07) is 8.00. The number of hydrogen-bond donors (Lipinski definition) is 2. The third-order valence-electron chi connectivity index (χ3n) is 2.66. The highest BCUT2D eigenvalue weighted by Crippen LogP contribution is 2.16. The molecule has 0 saturated heterocycles. The van der Waals surface area contributed by atoms with Crippen LogP contribution >= 0.6 is 0 Å². The van der Waals surface area contributed by atoms with Gasteiger partial charge in [0.15, 0.2) is 0 Å². The summed E-state index contributed by atoms with van der Waals surface area (Å²) in [7, 11) is 0. The molecule has 0 aliphatic rings. The van der Waals surface area contributed by atoms with Crippen molar-refractivity contribution in [3.8, 4) is 11.4 Å². The number of amides is 1. The van der Waals surface area contributed by atoms with Crippen molar-refractivity contribution < 1.29 is 9.32 Å². The number of nitrogens with zero attached hydrogens (tertiary/aromatic N) is 2. The van der Waals surface area contributed by atoms with Crippen LogP contribution in [0.4, 0.5) is 0 Å². The zero-order valence-electron chi connectivity index (χ0n) is 10.7. The summed E-state index contributed by atoms with van der Waals surface area (Å²) in [6.07, 6.45) is 0.995. The molecule has 100 valence electrons. The molecule has 1 aromatic carbocycles. The summed E-state index contributed by atoms with van der Waals surface area (Å²) in [4.78, 5) is 14.8. The molecule has 6 nitrogen and oxygen atoms in total. The van der Waals surface area contributed by atoms with Gasteiger partial charge in [-0.2, -0.15) is 4.98 Å². The van der Waals surface area contributed by atoms with Crippen LogP contribution < -0.4 is 11.1 Å². The van der Waals surface area contributed by atoms with E-state index >= 15 is 0 Å². The zero-order chi connectivity index (χ0) is 13.7. The van der Waals surface area contributed by atoms with Gasteiger partial charge in [-0.1, -0.05) is 36.3 Å². The van der Waals surface area contributed by atoms with Gasteiger partial charge in [0, 0.05) is 5.56 Å². The Kier molecular flexibility index (Phi) is 4.25. The van der Waals surface area contributed by atoms with Gasteiger partial charge >= 0.3 is 0 Å². The topological polar surface area (TPSA) is 94.0 Å². The van der Waals surface area contributed by atoms with Crippen molar-refractivity contribution in [2.45, 2.75) is 19.9 Å². The molecule has 1 heterocycles. The van der Waals surface area contributed by atoms with E-state index < -0.39 is 5.91 Å². The second-order valence-corrected chi connectivity index (χ2v) is 4.13. The molecule has 0 unspecified atom stereocenters. The van der Waals surface area contributed by atoms with Crippen molar-refractivity contribution in [2.75, 3.05) is 6.54 Å². The van der Waals surface area contributed by atoms with Gasteiger partial charge < -0.3 is 10.3 Å². The lowest BCUT2D eigenvalue weighted by Crippen LogP contribution is -2.28. The lowest BCUT2D eigenvalue weighted by atomic mass is 10.1. The lowest BCUT2D eigenvalue weighted by Gasteiger charge is -1.97. The highest BCUT2D eigenvalue weighted by Gasteiger charge is 2.08. The van der Waals surface area contributed by atoms with Crippen LogP contribution in [0.1, 0.15) is 18.4 Å². The molecule has 1 aromatic heterocycles. The van der Waals surface area contributed by atoms with Gasteiger partial charge in [0.25, 0.3) is 0 Å². The molecule has 1 amide bonds. The Morgan fingerprint density at radius 1 is 1.37 bits per heavy atom. The van der Waals surface area contributed by atoms with Crippen molar-refractivity contribution in [3.63, 3.8) is 0 Å². The number of benzene rings is 1. The van der Waals surface area contributed by atoms with E-state index in [-0.39, 0.29) is 6.54 Å². The number of nitrogens with one attached hydrogen (secondary N) is 1. The van der Waals surface area contributed by atoms with Crippen LogP contribution in [0.25, 0.3) is 11.4 Å². The summed E-state index contributed by atoms with van der Waals surface area (Å²) in [5.41, 5.74) is 7.18. The molecule has 0 radical (unpaired) electrons. The molecule has 2 rings (SSSR count). The summed E-state index contributed by atoms with van der Waals surface area (Å²) in [5, 5.41) is 6.71. The number of primary amides is 1. The van der Waals surface area contributed by atoms with Crippen LogP contribution in [0.2, 0.25) is 0 Å².